The van der Waals surface area contributed by atoms with Gasteiger partial charge in [0, 0.05) is 11.3 Å². The minimum absolute atomic E-state index is 0.0191. The number of anilines is 1. The first-order chi connectivity index (χ1) is 20.3. The number of nitrogens with one attached hydrogen (secondary N) is 2. The number of carbonyl (C=O) groups excluding carboxylic acids is 1. The summed E-state index contributed by atoms with van der Waals surface area (Å²) in [5, 5.41) is 13.7. The van der Waals surface area contributed by atoms with Crippen LogP contribution in [0.25, 0.3) is 22.1 Å². The van der Waals surface area contributed by atoms with E-state index < -0.39 is 27.4 Å². The Morgan fingerprint density at radius 2 is 1.65 bits per heavy atom. The molecule has 0 radical (unpaired) electrons. The third-order valence-corrected chi connectivity index (χ3v) is 10.2. The lowest BCUT2D eigenvalue weighted by molar-refractivity contribution is -0.153. The first kappa shape index (κ1) is 30.9. The number of methoxy groups -OCH3 is 1. The molecule has 1 unspecified atom stereocenters. The van der Waals surface area contributed by atoms with Crippen LogP contribution in [0.15, 0.2) is 63.9 Å². The van der Waals surface area contributed by atoms with Crippen LogP contribution in [-0.2, 0) is 14.8 Å². The van der Waals surface area contributed by atoms with E-state index in [0.717, 1.165) is 11.1 Å². The van der Waals surface area contributed by atoms with Gasteiger partial charge in [-0.1, -0.05) is 61.3 Å². The molecule has 12 heteroatoms. The Bertz CT molecular complexity index is 1830. The predicted octanol–water partition coefficient (Wildman–Crippen LogP) is 7.14. The van der Waals surface area contributed by atoms with Crippen LogP contribution >= 0.6 is 23.2 Å². The van der Waals surface area contributed by atoms with E-state index in [1.165, 1.54) is 25.3 Å². The molecule has 5 rings (SSSR count). The summed E-state index contributed by atoms with van der Waals surface area (Å²) in [6.07, 6.45) is 0.898. The molecule has 0 bridgehead atoms. The SMILES string of the molecule is COc1c(Cl)cc(Cl)c2oc(C(=O)Nc3ccc(-c4ccc(S(=O)(=O)NC5(C(=O)O)CC[C@@H]5C(C)C)cc4)cc3)c(C)c12. The van der Waals surface area contributed by atoms with Crippen molar-refractivity contribution in [3.05, 3.63) is 76.0 Å². The zero-order chi connectivity index (χ0) is 31.3. The molecule has 43 heavy (non-hydrogen) atoms. The highest BCUT2D eigenvalue weighted by Crippen LogP contribution is 2.45. The minimum Gasteiger partial charge on any atom is -0.494 e. The highest BCUT2D eigenvalue weighted by atomic mass is 35.5. The number of hydrogen-bond acceptors (Lipinski definition) is 6. The van der Waals surface area contributed by atoms with Crippen LogP contribution in [0.5, 0.6) is 5.75 Å². The molecule has 2 atom stereocenters. The van der Waals surface area contributed by atoms with Gasteiger partial charge in [-0.15, -0.1) is 0 Å². The summed E-state index contributed by atoms with van der Waals surface area (Å²) in [6.45, 7) is 5.50. The average molecular weight is 646 g/mol. The summed E-state index contributed by atoms with van der Waals surface area (Å²) < 4.78 is 39.9. The zero-order valence-electron chi connectivity index (χ0n) is 23.8. The first-order valence-corrected chi connectivity index (χ1v) is 15.8. The molecule has 1 amide bonds. The molecular formula is C31H30Cl2N2O7S. The summed E-state index contributed by atoms with van der Waals surface area (Å²) in [5.41, 5.74) is 1.35. The number of benzene rings is 3. The van der Waals surface area contributed by atoms with E-state index in [2.05, 4.69) is 10.0 Å². The van der Waals surface area contributed by atoms with Crippen molar-refractivity contribution in [1.29, 1.82) is 0 Å². The molecule has 3 N–H and O–H groups in total. The van der Waals surface area contributed by atoms with Crippen LogP contribution < -0.4 is 14.8 Å². The van der Waals surface area contributed by atoms with Crippen molar-refractivity contribution in [2.45, 2.75) is 44.0 Å². The summed E-state index contributed by atoms with van der Waals surface area (Å²) in [5.74, 6) is -1.47. The van der Waals surface area contributed by atoms with Crippen molar-refractivity contribution in [3.8, 4) is 16.9 Å². The van der Waals surface area contributed by atoms with E-state index in [9.17, 15) is 23.1 Å². The second kappa shape index (κ2) is 11.5. The number of sulfonamides is 1. The molecule has 3 aromatic carbocycles. The fourth-order valence-corrected chi connectivity index (χ4v) is 7.74. The highest BCUT2D eigenvalue weighted by Gasteiger charge is 2.56. The molecule has 4 aromatic rings. The maximum absolute atomic E-state index is 13.1. The van der Waals surface area contributed by atoms with Gasteiger partial charge in [-0.05, 0) is 73.1 Å². The third kappa shape index (κ3) is 5.48. The zero-order valence-corrected chi connectivity index (χ0v) is 26.2. The molecule has 1 aliphatic rings. The van der Waals surface area contributed by atoms with Crippen LogP contribution in [0.3, 0.4) is 0 Å². The number of amides is 1. The predicted molar refractivity (Wildman–Crippen MR) is 166 cm³/mol. The molecule has 1 heterocycles. The number of halogens is 2. The lowest BCUT2D eigenvalue weighted by atomic mass is 9.62. The van der Waals surface area contributed by atoms with Crippen LogP contribution in [0.1, 0.15) is 42.8 Å². The standard InChI is InChI=1S/C31H30Cl2N2O7S/c1-16(2)22-13-14-31(22,30(37)38)35-43(39,40)21-11-7-19(8-12-21)18-5-9-20(10-6-18)34-29(36)26-17(3)25-27(41-4)23(32)15-24(33)28(25)42-26/h5-12,15-16,22,35H,13-14H2,1-4H3,(H,34,36)(H,37,38)/t22-,31?/m1/s1. The summed E-state index contributed by atoms with van der Waals surface area (Å²) in [6, 6.07) is 14.7. The maximum Gasteiger partial charge on any atom is 0.325 e. The molecule has 1 aromatic heterocycles. The molecule has 1 aliphatic carbocycles. The summed E-state index contributed by atoms with van der Waals surface area (Å²) >= 11 is 12.5. The normalized spacial score (nSPS) is 18.4. The van der Waals surface area contributed by atoms with Crippen LogP contribution in [0.2, 0.25) is 10.0 Å². The van der Waals surface area contributed by atoms with E-state index >= 15 is 0 Å². The second-order valence-electron chi connectivity index (χ2n) is 11.0. The number of rotatable bonds is 9. The largest absolute Gasteiger partial charge is 0.494 e. The third-order valence-electron chi connectivity index (χ3n) is 8.10. The first-order valence-electron chi connectivity index (χ1n) is 13.5. The number of carboxylic acid groups (broad SMARTS) is 1. The Kier molecular flexibility index (Phi) is 8.26. The van der Waals surface area contributed by atoms with Crippen LogP contribution in [0.4, 0.5) is 5.69 Å². The van der Waals surface area contributed by atoms with E-state index in [1.807, 2.05) is 13.8 Å². The number of ether oxygens (including phenoxy) is 1. The van der Waals surface area contributed by atoms with Gasteiger partial charge in [-0.2, -0.15) is 4.72 Å². The highest BCUT2D eigenvalue weighted by molar-refractivity contribution is 7.89. The average Bonchev–Trinajstić information content (AvgIpc) is 3.29. The number of carbonyl (C=O) groups is 2. The Hall–Kier alpha value is -3.57. The molecule has 1 saturated carbocycles. The number of hydrogen-bond donors (Lipinski definition) is 3. The minimum atomic E-state index is -4.07. The lowest BCUT2D eigenvalue weighted by Crippen LogP contribution is -2.66. The number of aliphatic carboxylic acids is 1. The van der Waals surface area contributed by atoms with Gasteiger partial charge < -0.3 is 19.6 Å². The molecule has 0 aliphatic heterocycles. The Balaban J connectivity index is 1.32. The molecular weight excluding hydrogens is 615 g/mol. The van der Waals surface area contributed by atoms with Gasteiger partial charge in [-0.25, -0.2) is 8.42 Å². The smallest absolute Gasteiger partial charge is 0.325 e. The maximum atomic E-state index is 13.1. The van der Waals surface area contributed by atoms with E-state index in [0.29, 0.717) is 39.4 Å². The van der Waals surface area contributed by atoms with Crippen molar-refractivity contribution in [1.82, 2.24) is 4.72 Å². The summed E-state index contributed by atoms with van der Waals surface area (Å²) in [7, 11) is -2.60. The van der Waals surface area contributed by atoms with Gasteiger partial charge in [-0.3, -0.25) is 9.59 Å². The van der Waals surface area contributed by atoms with Gasteiger partial charge >= 0.3 is 5.97 Å². The summed E-state index contributed by atoms with van der Waals surface area (Å²) in [4.78, 5) is 25.1. The monoisotopic (exact) mass is 644 g/mol. The molecule has 9 nitrogen and oxygen atoms in total. The van der Waals surface area contributed by atoms with Gasteiger partial charge in [0.1, 0.15) is 11.3 Å². The fraction of sp³-hybridized carbons (Fsp3) is 0.290. The van der Waals surface area contributed by atoms with Crippen molar-refractivity contribution in [2.75, 3.05) is 12.4 Å². The van der Waals surface area contributed by atoms with Crippen molar-refractivity contribution in [3.63, 3.8) is 0 Å². The van der Waals surface area contributed by atoms with Crippen molar-refractivity contribution < 1.29 is 32.3 Å². The quantitative estimate of drug-likeness (QED) is 0.176. The van der Waals surface area contributed by atoms with E-state index in [1.54, 1.807) is 43.3 Å². The van der Waals surface area contributed by atoms with E-state index in [-0.39, 0.29) is 33.9 Å². The van der Waals surface area contributed by atoms with Gasteiger partial charge in [0.25, 0.3) is 5.91 Å². The number of aryl methyl sites for hydroxylation is 1. The number of carboxylic acids is 1. The molecule has 0 saturated heterocycles. The second-order valence-corrected chi connectivity index (χ2v) is 13.5. The molecule has 226 valence electrons. The molecule has 1 fully saturated rings. The van der Waals surface area contributed by atoms with Crippen molar-refractivity contribution >= 4 is 61.8 Å². The van der Waals surface area contributed by atoms with E-state index in [4.69, 9.17) is 32.4 Å². The Labute approximate surface area is 259 Å². The van der Waals surface area contributed by atoms with Gasteiger partial charge in [0.05, 0.1) is 27.4 Å². The lowest BCUT2D eigenvalue weighted by Gasteiger charge is -2.48. The Morgan fingerprint density at radius 3 is 2.16 bits per heavy atom. The van der Waals surface area contributed by atoms with Gasteiger partial charge in [0.2, 0.25) is 10.0 Å². The van der Waals surface area contributed by atoms with Crippen molar-refractivity contribution in [2.24, 2.45) is 11.8 Å². The Morgan fingerprint density at radius 1 is 1.05 bits per heavy atom. The number of fused-ring (bicyclic) bond motifs is 1. The topological polar surface area (TPSA) is 135 Å². The fourth-order valence-electron chi connectivity index (χ4n) is 5.73. The van der Waals surface area contributed by atoms with Gasteiger partial charge in [0.15, 0.2) is 11.3 Å². The molecule has 0 spiro atoms. The number of furan rings is 1. The van der Waals surface area contributed by atoms with Crippen LogP contribution in [-0.4, -0.2) is 38.0 Å². The van der Waals surface area contributed by atoms with Crippen LogP contribution in [0, 0.1) is 18.8 Å².